The minimum atomic E-state index is 0.797. The molecule has 0 bridgehead atoms. The number of rotatable bonds is 4. The second-order valence-corrected chi connectivity index (χ2v) is 4.98. The van der Waals surface area contributed by atoms with Crippen molar-refractivity contribution in [3.8, 4) is 0 Å². The van der Waals surface area contributed by atoms with Crippen LogP contribution in [0.1, 0.15) is 18.1 Å². The summed E-state index contributed by atoms with van der Waals surface area (Å²) in [5, 5.41) is 4.63. The summed E-state index contributed by atoms with van der Waals surface area (Å²) >= 11 is 0. The first-order chi connectivity index (χ1) is 10.4. The van der Waals surface area contributed by atoms with E-state index in [4.69, 9.17) is 0 Å². The fourth-order valence-corrected chi connectivity index (χ4v) is 2.38. The van der Waals surface area contributed by atoms with Crippen molar-refractivity contribution in [1.29, 1.82) is 0 Å². The monoisotopic (exact) mass is 274 g/mol. The molecule has 0 aliphatic carbocycles. The first kappa shape index (κ1) is 13.4. The van der Waals surface area contributed by atoms with Crippen molar-refractivity contribution >= 4 is 22.7 Å². The third kappa shape index (κ3) is 3.11. The number of anilines is 1. The Labute approximate surface area is 125 Å². The van der Waals surface area contributed by atoms with Gasteiger partial charge in [-0.3, -0.25) is 4.98 Å². The van der Waals surface area contributed by atoms with E-state index in [1.165, 1.54) is 11.1 Å². The maximum Gasteiger partial charge on any atom is 0.0933 e. The molecule has 0 saturated carbocycles. The summed E-state index contributed by atoms with van der Waals surface area (Å²) in [6.45, 7) is 2.83. The number of benzene rings is 2. The summed E-state index contributed by atoms with van der Waals surface area (Å²) in [6.07, 6.45) is 5.99. The first-order valence-electron chi connectivity index (χ1n) is 7.16. The van der Waals surface area contributed by atoms with Crippen molar-refractivity contribution in [2.45, 2.75) is 13.5 Å². The zero-order chi connectivity index (χ0) is 14.5. The summed E-state index contributed by atoms with van der Waals surface area (Å²) in [7, 11) is 0. The van der Waals surface area contributed by atoms with Crippen molar-refractivity contribution in [3.63, 3.8) is 0 Å². The lowest BCUT2D eigenvalue weighted by molar-refractivity contribution is 1.15. The maximum absolute atomic E-state index is 4.46. The van der Waals surface area contributed by atoms with Crippen LogP contribution in [0.3, 0.4) is 0 Å². The zero-order valence-corrected chi connectivity index (χ0v) is 12.1. The maximum atomic E-state index is 4.46. The Morgan fingerprint density at radius 3 is 2.62 bits per heavy atom. The summed E-state index contributed by atoms with van der Waals surface area (Å²) in [5.41, 5.74) is 4.58. The summed E-state index contributed by atoms with van der Waals surface area (Å²) in [6, 6.07) is 18.8. The van der Waals surface area contributed by atoms with Crippen LogP contribution in [0.2, 0.25) is 0 Å². The Bertz CT molecular complexity index is 753. The largest absolute Gasteiger partial charge is 0.379 e. The van der Waals surface area contributed by atoms with E-state index >= 15 is 0 Å². The molecule has 1 heterocycles. The number of hydrogen-bond acceptors (Lipinski definition) is 2. The molecule has 0 aliphatic rings. The van der Waals surface area contributed by atoms with Gasteiger partial charge >= 0.3 is 0 Å². The van der Waals surface area contributed by atoms with Gasteiger partial charge in [0.1, 0.15) is 0 Å². The van der Waals surface area contributed by atoms with Gasteiger partial charge in [0.2, 0.25) is 0 Å². The van der Waals surface area contributed by atoms with E-state index in [0.717, 1.165) is 23.1 Å². The SMILES string of the molecule is C/C=C/c1ccc(CNc2cccc3cccnc23)cc1. The van der Waals surface area contributed by atoms with Gasteiger partial charge in [0.25, 0.3) is 0 Å². The van der Waals surface area contributed by atoms with Gasteiger partial charge in [-0.1, -0.05) is 54.6 Å². The fraction of sp³-hybridized carbons (Fsp3) is 0.105. The van der Waals surface area contributed by atoms with Crippen LogP contribution in [-0.4, -0.2) is 4.98 Å². The third-order valence-electron chi connectivity index (χ3n) is 3.45. The van der Waals surface area contributed by atoms with Gasteiger partial charge in [-0.25, -0.2) is 0 Å². The summed E-state index contributed by atoms with van der Waals surface area (Å²) in [5.74, 6) is 0. The second-order valence-electron chi connectivity index (χ2n) is 4.98. The van der Waals surface area contributed by atoms with Crippen LogP contribution >= 0.6 is 0 Å². The Kier molecular flexibility index (Phi) is 3.97. The highest BCUT2D eigenvalue weighted by Crippen LogP contribution is 2.21. The second kappa shape index (κ2) is 6.23. The number of pyridine rings is 1. The van der Waals surface area contributed by atoms with E-state index in [1.807, 2.05) is 19.2 Å². The van der Waals surface area contributed by atoms with Crippen molar-refractivity contribution in [2.24, 2.45) is 0 Å². The first-order valence-corrected chi connectivity index (χ1v) is 7.16. The molecule has 0 amide bonds. The molecule has 0 radical (unpaired) electrons. The molecule has 3 rings (SSSR count). The quantitative estimate of drug-likeness (QED) is 0.733. The van der Waals surface area contributed by atoms with E-state index < -0.39 is 0 Å². The predicted octanol–water partition coefficient (Wildman–Crippen LogP) is 4.88. The Balaban J connectivity index is 1.77. The van der Waals surface area contributed by atoms with Crippen LogP contribution in [0.4, 0.5) is 5.69 Å². The number of para-hydroxylation sites is 1. The molecule has 0 atom stereocenters. The van der Waals surface area contributed by atoms with Gasteiger partial charge in [0, 0.05) is 18.1 Å². The Morgan fingerprint density at radius 1 is 1.00 bits per heavy atom. The minimum absolute atomic E-state index is 0.797. The van der Waals surface area contributed by atoms with E-state index in [-0.39, 0.29) is 0 Å². The molecule has 2 heteroatoms. The molecule has 1 aromatic heterocycles. The number of aromatic nitrogens is 1. The van der Waals surface area contributed by atoms with Crippen LogP contribution in [0.25, 0.3) is 17.0 Å². The van der Waals surface area contributed by atoms with E-state index in [9.17, 15) is 0 Å². The van der Waals surface area contributed by atoms with E-state index in [1.54, 1.807) is 0 Å². The van der Waals surface area contributed by atoms with Gasteiger partial charge < -0.3 is 5.32 Å². The molecular weight excluding hydrogens is 256 g/mol. The van der Waals surface area contributed by atoms with Crippen LogP contribution in [0.5, 0.6) is 0 Å². The number of hydrogen-bond donors (Lipinski definition) is 1. The number of fused-ring (bicyclic) bond motifs is 1. The van der Waals surface area contributed by atoms with Crippen molar-refractivity contribution in [3.05, 3.63) is 78.0 Å². The van der Waals surface area contributed by atoms with Crippen molar-refractivity contribution in [2.75, 3.05) is 5.32 Å². The normalized spacial score (nSPS) is 11.1. The van der Waals surface area contributed by atoms with Gasteiger partial charge in [0.15, 0.2) is 0 Å². The molecule has 0 fully saturated rings. The van der Waals surface area contributed by atoms with Crippen LogP contribution in [0, 0.1) is 0 Å². The van der Waals surface area contributed by atoms with Crippen LogP contribution in [0.15, 0.2) is 66.9 Å². The number of nitrogens with one attached hydrogen (secondary N) is 1. The predicted molar refractivity (Wildman–Crippen MR) is 90.2 cm³/mol. The minimum Gasteiger partial charge on any atom is -0.379 e. The lowest BCUT2D eigenvalue weighted by Gasteiger charge is -2.09. The summed E-state index contributed by atoms with van der Waals surface area (Å²) in [4.78, 5) is 4.46. The number of nitrogens with zero attached hydrogens (tertiary/aromatic N) is 1. The van der Waals surface area contributed by atoms with Crippen LogP contribution in [-0.2, 0) is 6.54 Å². The van der Waals surface area contributed by atoms with Gasteiger partial charge in [-0.15, -0.1) is 0 Å². The highest BCUT2D eigenvalue weighted by atomic mass is 14.9. The molecule has 21 heavy (non-hydrogen) atoms. The highest BCUT2D eigenvalue weighted by molar-refractivity contribution is 5.90. The smallest absolute Gasteiger partial charge is 0.0933 e. The molecule has 104 valence electrons. The topological polar surface area (TPSA) is 24.9 Å². The number of allylic oxidation sites excluding steroid dienone is 1. The third-order valence-corrected chi connectivity index (χ3v) is 3.45. The average molecular weight is 274 g/mol. The lowest BCUT2D eigenvalue weighted by atomic mass is 10.1. The van der Waals surface area contributed by atoms with Gasteiger partial charge in [-0.05, 0) is 30.2 Å². The van der Waals surface area contributed by atoms with E-state index in [0.29, 0.717) is 0 Å². The fourth-order valence-electron chi connectivity index (χ4n) is 2.38. The van der Waals surface area contributed by atoms with Gasteiger partial charge in [-0.2, -0.15) is 0 Å². The highest BCUT2D eigenvalue weighted by Gasteiger charge is 2.01. The van der Waals surface area contributed by atoms with E-state index in [2.05, 4.69) is 71.0 Å². The molecule has 0 spiro atoms. The molecule has 0 saturated heterocycles. The van der Waals surface area contributed by atoms with Crippen molar-refractivity contribution < 1.29 is 0 Å². The molecular formula is C19H18N2. The average Bonchev–Trinajstić information content (AvgIpc) is 2.54. The zero-order valence-electron chi connectivity index (χ0n) is 12.1. The molecule has 1 N–H and O–H groups in total. The summed E-state index contributed by atoms with van der Waals surface area (Å²) < 4.78 is 0. The Morgan fingerprint density at radius 2 is 1.81 bits per heavy atom. The van der Waals surface area contributed by atoms with Crippen LogP contribution < -0.4 is 5.32 Å². The molecule has 2 nitrogen and oxygen atoms in total. The standard InChI is InChI=1S/C19H18N2/c1-2-5-15-9-11-16(12-10-15)14-21-18-8-3-6-17-7-4-13-20-19(17)18/h2-13,21H,14H2,1H3/b5-2+. The van der Waals surface area contributed by atoms with Crippen molar-refractivity contribution in [1.82, 2.24) is 4.98 Å². The molecule has 0 unspecified atom stereocenters. The Hall–Kier alpha value is -2.61. The molecule has 3 aromatic rings. The lowest BCUT2D eigenvalue weighted by Crippen LogP contribution is -2.00. The molecule has 2 aromatic carbocycles. The van der Waals surface area contributed by atoms with Gasteiger partial charge in [0.05, 0.1) is 11.2 Å². The molecule has 0 aliphatic heterocycles.